The molecule has 1 amide bonds. The summed E-state index contributed by atoms with van der Waals surface area (Å²) in [4.78, 5) is 27.2. The number of amides is 1. The van der Waals surface area contributed by atoms with Crippen molar-refractivity contribution >= 4 is 11.9 Å². The average Bonchev–Trinajstić information content (AvgIpc) is 3.38. The molecule has 0 atom stereocenters. The zero-order valence-electron chi connectivity index (χ0n) is 15.2. The molecule has 146 valence electrons. The van der Waals surface area contributed by atoms with Crippen molar-refractivity contribution in [3.8, 4) is 17.1 Å². The van der Waals surface area contributed by atoms with Gasteiger partial charge in [0.25, 0.3) is 0 Å². The largest absolute Gasteiger partial charge is 0.496 e. The van der Waals surface area contributed by atoms with Crippen molar-refractivity contribution in [3.63, 3.8) is 0 Å². The highest BCUT2D eigenvalue weighted by atomic mass is 16.5. The molecule has 2 N–H and O–H groups in total. The monoisotopic (exact) mass is 385 g/mol. The van der Waals surface area contributed by atoms with Gasteiger partial charge in [0.05, 0.1) is 24.5 Å². The first kappa shape index (κ1) is 19.2. The van der Waals surface area contributed by atoms with Crippen molar-refractivity contribution in [1.82, 2.24) is 15.5 Å². The summed E-state index contributed by atoms with van der Waals surface area (Å²) in [6.07, 6.45) is 4.08. The summed E-state index contributed by atoms with van der Waals surface area (Å²) < 4.78 is 15.3. The highest BCUT2D eigenvalue weighted by Gasteiger charge is 2.12. The number of ether oxygens (including phenoxy) is 1. The number of carboxylic acids is 1. The first-order valence-electron chi connectivity index (χ1n) is 8.59. The number of aromatic nitrogens is 2. The molecule has 3 aromatic rings. The number of carbonyl (C=O) groups excluding carboxylic acids is 1. The highest BCUT2D eigenvalue weighted by Crippen LogP contribution is 2.21. The van der Waals surface area contributed by atoms with Crippen LogP contribution in [0.4, 0.5) is 0 Å². The van der Waals surface area contributed by atoms with Gasteiger partial charge in [-0.2, -0.15) is 4.98 Å². The molecule has 28 heavy (non-hydrogen) atoms. The number of nitrogens with zero attached hydrogens (tertiary/aromatic N) is 2. The van der Waals surface area contributed by atoms with Crippen LogP contribution in [0.15, 0.2) is 45.7 Å². The lowest BCUT2D eigenvalue weighted by Crippen LogP contribution is -2.26. The average molecular weight is 385 g/mol. The second kappa shape index (κ2) is 8.85. The Kier molecular flexibility index (Phi) is 6.05. The fourth-order valence-corrected chi connectivity index (χ4v) is 2.59. The Morgan fingerprint density at radius 3 is 2.82 bits per heavy atom. The number of rotatable bonds is 9. The summed E-state index contributed by atoms with van der Waals surface area (Å²) >= 11 is 0. The van der Waals surface area contributed by atoms with Crippen molar-refractivity contribution in [2.75, 3.05) is 13.7 Å². The normalized spacial score (nSPS) is 10.6. The van der Waals surface area contributed by atoms with E-state index in [4.69, 9.17) is 18.8 Å². The van der Waals surface area contributed by atoms with E-state index in [1.807, 2.05) is 0 Å². The van der Waals surface area contributed by atoms with E-state index >= 15 is 0 Å². The molecule has 9 heteroatoms. The van der Waals surface area contributed by atoms with E-state index in [1.165, 1.54) is 31.8 Å². The summed E-state index contributed by atoms with van der Waals surface area (Å²) in [6.45, 7) is 0.395. The number of aromatic carboxylic acids is 1. The predicted octanol–water partition coefficient (Wildman–Crippen LogP) is 2.33. The van der Waals surface area contributed by atoms with Crippen molar-refractivity contribution in [2.24, 2.45) is 0 Å². The van der Waals surface area contributed by atoms with E-state index in [0.717, 1.165) is 5.56 Å². The van der Waals surface area contributed by atoms with Gasteiger partial charge < -0.3 is 24.1 Å². The zero-order chi connectivity index (χ0) is 19.9. The quantitative estimate of drug-likeness (QED) is 0.574. The maximum Gasteiger partial charge on any atom is 0.335 e. The smallest absolute Gasteiger partial charge is 0.335 e. The number of nitrogens with one attached hydrogen (secondary N) is 1. The molecule has 0 radical (unpaired) electrons. The van der Waals surface area contributed by atoms with Crippen LogP contribution in [0.5, 0.6) is 5.75 Å². The van der Waals surface area contributed by atoms with Crippen molar-refractivity contribution in [2.45, 2.75) is 19.3 Å². The van der Waals surface area contributed by atoms with Gasteiger partial charge in [0, 0.05) is 19.4 Å². The lowest BCUT2D eigenvalue weighted by atomic mass is 10.1. The van der Waals surface area contributed by atoms with Crippen LogP contribution >= 0.6 is 0 Å². The number of furan rings is 1. The number of hydrogen-bond donors (Lipinski definition) is 2. The van der Waals surface area contributed by atoms with Crippen LogP contribution in [0.25, 0.3) is 11.4 Å². The molecule has 0 fully saturated rings. The van der Waals surface area contributed by atoms with Gasteiger partial charge in [0.2, 0.25) is 17.6 Å². The summed E-state index contributed by atoms with van der Waals surface area (Å²) in [5, 5.41) is 15.7. The molecule has 0 saturated heterocycles. The number of hydrogen-bond acceptors (Lipinski definition) is 7. The predicted molar refractivity (Wildman–Crippen MR) is 97.0 cm³/mol. The van der Waals surface area contributed by atoms with Crippen molar-refractivity contribution < 1.29 is 28.4 Å². The third kappa shape index (κ3) is 4.76. The Hall–Kier alpha value is -3.62. The maximum atomic E-state index is 12.0. The van der Waals surface area contributed by atoms with Crippen LogP contribution in [0.2, 0.25) is 0 Å². The summed E-state index contributed by atoms with van der Waals surface area (Å²) in [7, 11) is 1.48. The lowest BCUT2D eigenvalue weighted by Gasteiger charge is -2.10. The maximum absolute atomic E-state index is 12.0. The molecule has 0 unspecified atom stereocenters. The Bertz CT molecular complexity index is 948. The van der Waals surface area contributed by atoms with E-state index in [0.29, 0.717) is 42.4 Å². The number of carboxylic acid groups (broad SMARTS) is 1. The first-order valence-corrected chi connectivity index (χ1v) is 8.59. The summed E-state index contributed by atoms with van der Waals surface area (Å²) in [6, 6.07) is 6.38. The van der Waals surface area contributed by atoms with Gasteiger partial charge in [-0.05, 0) is 30.2 Å². The first-order chi connectivity index (χ1) is 13.6. The van der Waals surface area contributed by atoms with E-state index < -0.39 is 5.97 Å². The van der Waals surface area contributed by atoms with Crippen LogP contribution in [0, 0.1) is 0 Å². The number of carbonyl (C=O) groups is 2. The second-order valence-electron chi connectivity index (χ2n) is 5.96. The molecule has 2 aromatic heterocycles. The van der Waals surface area contributed by atoms with Crippen LogP contribution in [-0.4, -0.2) is 40.8 Å². The van der Waals surface area contributed by atoms with E-state index in [1.54, 1.807) is 12.1 Å². The van der Waals surface area contributed by atoms with E-state index in [-0.39, 0.29) is 17.9 Å². The molecular formula is C19H19N3O6. The molecule has 3 rings (SSSR count). The minimum Gasteiger partial charge on any atom is -0.496 e. The molecule has 0 bridgehead atoms. The minimum absolute atomic E-state index is 0.149. The van der Waals surface area contributed by atoms with Gasteiger partial charge in [0.1, 0.15) is 12.0 Å². The minimum atomic E-state index is -1.02. The van der Waals surface area contributed by atoms with Gasteiger partial charge in [-0.15, -0.1) is 0 Å². The van der Waals surface area contributed by atoms with Crippen LogP contribution < -0.4 is 10.1 Å². The van der Waals surface area contributed by atoms with Crippen molar-refractivity contribution in [3.05, 3.63) is 53.8 Å². The SMILES string of the molecule is COc1cc(C(=O)O)ccc1CCNC(=O)CCc1nc(-c2ccoc2)no1. The fourth-order valence-electron chi connectivity index (χ4n) is 2.59. The topological polar surface area (TPSA) is 128 Å². The summed E-state index contributed by atoms with van der Waals surface area (Å²) in [5.41, 5.74) is 1.68. The molecule has 0 aliphatic rings. The van der Waals surface area contributed by atoms with E-state index in [9.17, 15) is 9.59 Å². The van der Waals surface area contributed by atoms with Gasteiger partial charge in [0.15, 0.2) is 0 Å². The van der Waals surface area contributed by atoms with Gasteiger partial charge >= 0.3 is 5.97 Å². The molecular weight excluding hydrogens is 366 g/mol. The lowest BCUT2D eigenvalue weighted by molar-refractivity contribution is -0.121. The fraction of sp³-hybridized carbons (Fsp3) is 0.263. The second-order valence-corrected chi connectivity index (χ2v) is 5.96. The Balaban J connectivity index is 1.45. The molecule has 2 heterocycles. The molecule has 1 aromatic carbocycles. The molecule has 0 saturated carbocycles. The Morgan fingerprint density at radius 2 is 2.11 bits per heavy atom. The Morgan fingerprint density at radius 1 is 1.25 bits per heavy atom. The highest BCUT2D eigenvalue weighted by molar-refractivity contribution is 5.88. The van der Waals surface area contributed by atoms with Gasteiger partial charge in [-0.1, -0.05) is 11.2 Å². The van der Waals surface area contributed by atoms with E-state index in [2.05, 4.69) is 15.5 Å². The van der Waals surface area contributed by atoms with Crippen molar-refractivity contribution in [1.29, 1.82) is 0 Å². The van der Waals surface area contributed by atoms with Gasteiger partial charge in [-0.25, -0.2) is 4.79 Å². The molecule has 9 nitrogen and oxygen atoms in total. The number of aryl methyl sites for hydroxylation is 1. The van der Waals surface area contributed by atoms with Crippen LogP contribution in [0.1, 0.15) is 28.2 Å². The molecule has 0 aliphatic carbocycles. The molecule has 0 spiro atoms. The Labute approximate surface area is 160 Å². The third-order valence-corrected chi connectivity index (χ3v) is 4.06. The zero-order valence-corrected chi connectivity index (χ0v) is 15.2. The summed E-state index contributed by atoms with van der Waals surface area (Å²) in [5.74, 6) is 0.101. The van der Waals surface area contributed by atoms with Gasteiger partial charge in [-0.3, -0.25) is 4.79 Å². The van der Waals surface area contributed by atoms with Crippen LogP contribution in [-0.2, 0) is 17.6 Å². The van der Waals surface area contributed by atoms with Crippen LogP contribution in [0.3, 0.4) is 0 Å². The molecule has 0 aliphatic heterocycles. The number of methoxy groups -OCH3 is 1. The standard InChI is InChI=1S/C19H19N3O6/c1-26-15-10-13(19(24)25)3-2-12(15)6-8-20-16(23)4-5-17-21-18(22-28-17)14-7-9-27-11-14/h2-3,7,9-11H,4-6,8H2,1H3,(H,20,23)(H,24,25). The number of benzene rings is 1. The third-order valence-electron chi connectivity index (χ3n) is 4.06.